The van der Waals surface area contributed by atoms with Gasteiger partial charge in [0, 0.05) is 19.2 Å². The number of rotatable bonds is 3. The van der Waals surface area contributed by atoms with Crippen LogP contribution in [-0.4, -0.2) is 28.8 Å². The van der Waals surface area contributed by atoms with Gasteiger partial charge in [-0.3, -0.25) is 9.59 Å². The van der Waals surface area contributed by atoms with Gasteiger partial charge in [0.2, 0.25) is 0 Å². The Morgan fingerprint density at radius 2 is 2.04 bits per heavy atom. The number of aromatic nitrogens is 2. The quantitative estimate of drug-likeness (QED) is 0.841. The van der Waals surface area contributed by atoms with Gasteiger partial charge < -0.3 is 9.64 Å². The fourth-order valence-corrected chi connectivity index (χ4v) is 3.25. The van der Waals surface area contributed by atoms with E-state index in [0.29, 0.717) is 41.9 Å². The first kappa shape index (κ1) is 18.0. The number of amides is 1. The van der Waals surface area contributed by atoms with E-state index in [1.807, 2.05) is 0 Å². The number of nitrogens with zero attached hydrogens (tertiary/aromatic N) is 3. The van der Waals surface area contributed by atoms with Crippen LogP contribution >= 0.6 is 0 Å². The normalized spacial score (nSPS) is 13.7. The summed E-state index contributed by atoms with van der Waals surface area (Å²) in [6.45, 7) is 0.862. The molecule has 3 rings (SSSR count). The fraction of sp³-hybridized carbons (Fsp3) is 0.389. The van der Waals surface area contributed by atoms with E-state index in [0.717, 1.165) is 4.68 Å². The summed E-state index contributed by atoms with van der Waals surface area (Å²) in [6, 6.07) is 4.70. The van der Waals surface area contributed by atoms with Crippen molar-refractivity contribution in [3.05, 3.63) is 50.9 Å². The van der Waals surface area contributed by atoms with Crippen molar-refractivity contribution < 1.29 is 18.3 Å². The highest BCUT2D eigenvalue weighted by atomic mass is 19.3. The molecule has 6 nitrogen and oxygen atoms in total. The van der Waals surface area contributed by atoms with Crippen LogP contribution in [0.15, 0.2) is 23.0 Å². The molecule has 138 valence electrons. The van der Waals surface area contributed by atoms with Crippen LogP contribution in [0, 0.1) is 13.8 Å². The van der Waals surface area contributed by atoms with Gasteiger partial charge in [-0.25, -0.2) is 4.68 Å². The molecular weight excluding hydrogens is 344 g/mol. The molecule has 0 spiro atoms. The Bertz CT molecular complexity index is 925. The lowest BCUT2D eigenvalue weighted by atomic mass is 9.99. The van der Waals surface area contributed by atoms with Crippen molar-refractivity contribution in [2.24, 2.45) is 7.05 Å². The van der Waals surface area contributed by atoms with E-state index in [1.54, 1.807) is 26.0 Å². The lowest BCUT2D eigenvalue weighted by molar-refractivity contribution is -0.0504. The predicted molar refractivity (Wildman–Crippen MR) is 92.0 cm³/mol. The van der Waals surface area contributed by atoms with Crippen LogP contribution < -0.4 is 15.2 Å². The van der Waals surface area contributed by atoms with Crippen LogP contribution in [-0.2, 0) is 13.5 Å². The van der Waals surface area contributed by atoms with E-state index in [4.69, 9.17) is 0 Å². The molecule has 1 aliphatic heterocycles. The van der Waals surface area contributed by atoms with Crippen molar-refractivity contribution in [2.75, 3.05) is 11.4 Å². The molecule has 1 aromatic carbocycles. The van der Waals surface area contributed by atoms with Gasteiger partial charge in [0.15, 0.2) is 0 Å². The summed E-state index contributed by atoms with van der Waals surface area (Å²) in [4.78, 5) is 27.1. The van der Waals surface area contributed by atoms with Crippen molar-refractivity contribution in [1.29, 1.82) is 0 Å². The minimum Gasteiger partial charge on any atom is -0.434 e. The standard InChI is InChI=1S/C18H19F2N3O3/c1-10-11(2)21-22(3)16(24)15(10)17(25)23-9-5-6-12-13(23)7-4-8-14(12)26-18(19)20/h4,7-8,18H,5-6,9H2,1-3H3. The molecule has 1 aliphatic rings. The number of halogens is 2. The SMILES string of the molecule is Cc1nn(C)c(=O)c(C(=O)N2CCCc3c(OC(F)F)cccc32)c1C. The molecule has 0 unspecified atom stereocenters. The van der Waals surface area contributed by atoms with Crippen molar-refractivity contribution in [2.45, 2.75) is 33.3 Å². The van der Waals surface area contributed by atoms with Gasteiger partial charge in [0.1, 0.15) is 11.3 Å². The van der Waals surface area contributed by atoms with Crippen molar-refractivity contribution in [3.63, 3.8) is 0 Å². The largest absolute Gasteiger partial charge is 0.434 e. The number of aryl methyl sites for hydroxylation is 2. The molecule has 1 aromatic heterocycles. The summed E-state index contributed by atoms with van der Waals surface area (Å²) in [5.41, 5.74) is 1.72. The molecule has 0 saturated heterocycles. The molecule has 26 heavy (non-hydrogen) atoms. The first-order chi connectivity index (χ1) is 12.3. The minimum atomic E-state index is -2.94. The molecular formula is C18H19F2N3O3. The summed E-state index contributed by atoms with van der Waals surface area (Å²) in [7, 11) is 1.49. The molecule has 2 aromatic rings. The number of benzene rings is 1. The van der Waals surface area contributed by atoms with Crippen LogP contribution in [0.25, 0.3) is 0 Å². The third-order valence-electron chi connectivity index (χ3n) is 4.61. The zero-order valence-corrected chi connectivity index (χ0v) is 14.8. The first-order valence-electron chi connectivity index (χ1n) is 8.24. The maximum Gasteiger partial charge on any atom is 0.387 e. The average Bonchev–Trinajstić information content (AvgIpc) is 2.59. The van der Waals surface area contributed by atoms with Gasteiger partial charge in [-0.2, -0.15) is 13.9 Å². The zero-order valence-electron chi connectivity index (χ0n) is 14.8. The van der Waals surface area contributed by atoms with Gasteiger partial charge >= 0.3 is 6.61 Å². The van der Waals surface area contributed by atoms with Crippen LogP contribution in [0.5, 0.6) is 5.75 Å². The predicted octanol–water partition coefficient (Wildman–Crippen LogP) is 2.59. The maximum atomic E-state index is 13.1. The highest BCUT2D eigenvalue weighted by Crippen LogP contribution is 2.35. The van der Waals surface area contributed by atoms with E-state index in [2.05, 4.69) is 9.84 Å². The van der Waals surface area contributed by atoms with E-state index in [1.165, 1.54) is 18.0 Å². The second kappa shape index (κ2) is 6.86. The van der Waals surface area contributed by atoms with Crippen molar-refractivity contribution in [3.8, 4) is 5.75 Å². The summed E-state index contributed by atoms with van der Waals surface area (Å²) in [5, 5.41) is 4.08. The summed E-state index contributed by atoms with van der Waals surface area (Å²) in [6.07, 6.45) is 1.11. The Labute approximate surface area is 149 Å². The molecule has 0 saturated carbocycles. The molecule has 0 bridgehead atoms. The number of carbonyl (C=O) groups excluding carboxylic acids is 1. The highest BCUT2D eigenvalue weighted by Gasteiger charge is 2.29. The Morgan fingerprint density at radius 1 is 1.31 bits per heavy atom. The zero-order chi connectivity index (χ0) is 19.0. The molecule has 0 atom stereocenters. The minimum absolute atomic E-state index is 0.0491. The Hall–Kier alpha value is -2.77. The van der Waals surface area contributed by atoms with Crippen LogP contribution in [0.2, 0.25) is 0 Å². The second-order valence-corrected chi connectivity index (χ2v) is 6.21. The Kier molecular flexibility index (Phi) is 4.76. The topological polar surface area (TPSA) is 64.4 Å². The molecule has 8 heteroatoms. The van der Waals surface area contributed by atoms with E-state index < -0.39 is 18.1 Å². The maximum absolute atomic E-state index is 13.1. The number of alkyl halides is 2. The van der Waals surface area contributed by atoms with Crippen molar-refractivity contribution >= 4 is 11.6 Å². The smallest absolute Gasteiger partial charge is 0.387 e. The van der Waals surface area contributed by atoms with Gasteiger partial charge in [0.05, 0.1) is 11.4 Å². The third-order valence-corrected chi connectivity index (χ3v) is 4.61. The van der Waals surface area contributed by atoms with E-state index in [9.17, 15) is 18.4 Å². The molecule has 0 fully saturated rings. The van der Waals surface area contributed by atoms with E-state index in [-0.39, 0.29) is 11.3 Å². The number of carbonyl (C=O) groups is 1. The number of hydrogen-bond acceptors (Lipinski definition) is 4. The molecule has 1 amide bonds. The molecule has 0 radical (unpaired) electrons. The number of hydrogen-bond donors (Lipinski definition) is 0. The Morgan fingerprint density at radius 3 is 2.73 bits per heavy atom. The molecule has 0 N–H and O–H groups in total. The van der Waals surface area contributed by atoms with Crippen LogP contribution in [0.1, 0.15) is 33.6 Å². The lowest BCUT2D eigenvalue weighted by Crippen LogP contribution is -2.41. The van der Waals surface area contributed by atoms with Crippen molar-refractivity contribution in [1.82, 2.24) is 9.78 Å². The van der Waals surface area contributed by atoms with Gasteiger partial charge in [0.25, 0.3) is 11.5 Å². The number of ether oxygens (including phenoxy) is 1. The number of anilines is 1. The first-order valence-corrected chi connectivity index (χ1v) is 8.24. The highest BCUT2D eigenvalue weighted by molar-refractivity contribution is 6.07. The Balaban J connectivity index is 2.09. The molecule has 2 heterocycles. The fourth-order valence-electron chi connectivity index (χ4n) is 3.25. The summed E-state index contributed by atoms with van der Waals surface area (Å²) in [5.74, 6) is -0.394. The monoisotopic (exact) mass is 363 g/mol. The average molecular weight is 363 g/mol. The molecule has 0 aliphatic carbocycles. The van der Waals surface area contributed by atoms with E-state index >= 15 is 0 Å². The van der Waals surface area contributed by atoms with Crippen LogP contribution in [0.3, 0.4) is 0 Å². The van der Waals surface area contributed by atoms with Gasteiger partial charge in [-0.15, -0.1) is 0 Å². The lowest BCUT2D eigenvalue weighted by Gasteiger charge is -2.31. The van der Waals surface area contributed by atoms with Crippen LogP contribution in [0.4, 0.5) is 14.5 Å². The van der Waals surface area contributed by atoms with Gasteiger partial charge in [-0.1, -0.05) is 6.07 Å². The number of fused-ring (bicyclic) bond motifs is 1. The second-order valence-electron chi connectivity index (χ2n) is 6.21. The third kappa shape index (κ3) is 3.07. The summed E-state index contributed by atoms with van der Waals surface area (Å²) >= 11 is 0. The van der Waals surface area contributed by atoms with Gasteiger partial charge in [-0.05, 0) is 44.4 Å². The summed E-state index contributed by atoms with van der Waals surface area (Å²) < 4.78 is 31.0.